The SMILES string of the molecule is COc1cccc(C(=O)N2CCN(c3ccc(NC(=O)CSc4nnnn4-c4ccccc4)cc3)CC2)c1. The second-order valence-electron chi connectivity index (χ2n) is 8.60. The zero-order valence-corrected chi connectivity index (χ0v) is 21.7. The lowest BCUT2D eigenvalue weighted by molar-refractivity contribution is -0.113. The fourth-order valence-corrected chi connectivity index (χ4v) is 4.88. The normalized spacial score (nSPS) is 13.3. The molecule has 10 nitrogen and oxygen atoms in total. The zero-order valence-electron chi connectivity index (χ0n) is 20.9. The quantitative estimate of drug-likeness (QED) is 0.347. The van der Waals surface area contributed by atoms with E-state index in [4.69, 9.17) is 4.74 Å². The minimum absolute atomic E-state index is 0.0114. The number of benzene rings is 3. The van der Waals surface area contributed by atoms with Gasteiger partial charge in [-0.3, -0.25) is 9.59 Å². The van der Waals surface area contributed by atoms with E-state index in [1.54, 1.807) is 17.9 Å². The highest BCUT2D eigenvalue weighted by atomic mass is 32.2. The minimum atomic E-state index is -0.143. The summed E-state index contributed by atoms with van der Waals surface area (Å²) in [6.45, 7) is 2.73. The van der Waals surface area contributed by atoms with E-state index in [0.717, 1.165) is 24.5 Å². The molecular weight excluding hydrogens is 502 g/mol. The molecule has 1 aliphatic rings. The molecule has 0 bridgehead atoms. The summed E-state index contributed by atoms with van der Waals surface area (Å²) in [4.78, 5) is 29.5. The maximum absolute atomic E-state index is 12.9. The summed E-state index contributed by atoms with van der Waals surface area (Å²) in [6, 6.07) is 24.5. The Balaban J connectivity index is 1.11. The zero-order chi connectivity index (χ0) is 26.3. The first-order valence-electron chi connectivity index (χ1n) is 12.2. The molecule has 0 saturated carbocycles. The monoisotopic (exact) mass is 529 g/mol. The molecule has 0 atom stereocenters. The number of hydrogen-bond acceptors (Lipinski definition) is 8. The molecule has 2 heterocycles. The number of aromatic nitrogens is 4. The van der Waals surface area contributed by atoms with Gasteiger partial charge in [-0.2, -0.15) is 4.68 Å². The summed E-state index contributed by atoms with van der Waals surface area (Å²) in [5, 5.41) is 15.2. The maximum Gasteiger partial charge on any atom is 0.254 e. The number of anilines is 2. The van der Waals surface area contributed by atoms with Crippen molar-refractivity contribution in [3.63, 3.8) is 0 Å². The highest BCUT2D eigenvalue weighted by molar-refractivity contribution is 7.99. The molecule has 11 heteroatoms. The number of rotatable bonds is 8. The molecule has 0 aliphatic carbocycles. The van der Waals surface area contributed by atoms with Crippen LogP contribution < -0.4 is 15.0 Å². The summed E-state index contributed by atoms with van der Waals surface area (Å²) in [6.07, 6.45) is 0. The Morgan fingerprint density at radius 2 is 1.68 bits per heavy atom. The predicted octanol–water partition coefficient (Wildman–Crippen LogP) is 3.36. The molecule has 0 spiro atoms. The van der Waals surface area contributed by atoms with E-state index >= 15 is 0 Å². The lowest BCUT2D eigenvalue weighted by Crippen LogP contribution is -2.48. The van der Waals surface area contributed by atoms with Gasteiger partial charge >= 0.3 is 0 Å². The van der Waals surface area contributed by atoms with Gasteiger partial charge < -0.3 is 19.9 Å². The van der Waals surface area contributed by atoms with Crippen LogP contribution in [0.5, 0.6) is 5.75 Å². The molecule has 1 fully saturated rings. The molecule has 38 heavy (non-hydrogen) atoms. The molecule has 3 aromatic carbocycles. The number of methoxy groups -OCH3 is 1. The van der Waals surface area contributed by atoms with Crippen molar-refractivity contribution in [2.45, 2.75) is 5.16 Å². The van der Waals surface area contributed by atoms with E-state index in [2.05, 4.69) is 25.7 Å². The van der Waals surface area contributed by atoms with Crippen LogP contribution in [0.1, 0.15) is 10.4 Å². The fourth-order valence-electron chi connectivity index (χ4n) is 4.19. The van der Waals surface area contributed by atoms with Crippen molar-refractivity contribution in [3.8, 4) is 11.4 Å². The van der Waals surface area contributed by atoms with E-state index < -0.39 is 0 Å². The standard InChI is InChI=1S/C27H27N7O3S/c1-37-24-9-5-6-20(18-24)26(36)33-16-14-32(15-17-33)22-12-10-21(11-13-22)28-25(35)19-38-27-29-30-31-34(27)23-7-3-2-4-8-23/h2-13,18H,14-17,19H2,1H3,(H,28,35). The molecule has 1 aliphatic heterocycles. The first kappa shape index (κ1) is 25.3. The van der Waals surface area contributed by atoms with Crippen LogP contribution in [0.4, 0.5) is 11.4 Å². The van der Waals surface area contributed by atoms with Crippen LogP contribution >= 0.6 is 11.8 Å². The summed E-state index contributed by atoms with van der Waals surface area (Å²) in [7, 11) is 1.59. The van der Waals surface area contributed by atoms with Crippen LogP contribution in [0.3, 0.4) is 0 Å². The average Bonchev–Trinajstić information content (AvgIpc) is 3.45. The van der Waals surface area contributed by atoms with Crippen molar-refractivity contribution >= 4 is 35.0 Å². The Morgan fingerprint density at radius 1 is 0.921 bits per heavy atom. The highest BCUT2D eigenvalue weighted by Gasteiger charge is 2.22. The van der Waals surface area contributed by atoms with Crippen LogP contribution in [0.25, 0.3) is 5.69 Å². The summed E-state index contributed by atoms with van der Waals surface area (Å²) >= 11 is 1.27. The topological polar surface area (TPSA) is 105 Å². The molecule has 2 amide bonds. The Hall–Kier alpha value is -4.38. The second-order valence-corrected chi connectivity index (χ2v) is 9.55. The third-order valence-electron chi connectivity index (χ3n) is 6.17. The van der Waals surface area contributed by atoms with E-state index in [1.807, 2.05) is 77.7 Å². The number of piperazine rings is 1. The van der Waals surface area contributed by atoms with Crippen molar-refractivity contribution in [1.29, 1.82) is 0 Å². The van der Waals surface area contributed by atoms with Crippen LogP contribution in [0.2, 0.25) is 0 Å². The van der Waals surface area contributed by atoms with E-state index in [9.17, 15) is 9.59 Å². The molecule has 1 aromatic heterocycles. The summed E-state index contributed by atoms with van der Waals surface area (Å²) in [5.74, 6) is 0.721. The van der Waals surface area contributed by atoms with E-state index in [-0.39, 0.29) is 17.6 Å². The Bertz CT molecular complexity index is 1390. The number of thioether (sulfide) groups is 1. The summed E-state index contributed by atoms with van der Waals surface area (Å²) < 4.78 is 6.85. The second kappa shape index (κ2) is 11.8. The number of tetrazole rings is 1. The van der Waals surface area contributed by atoms with Gasteiger partial charge in [0, 0.05) is 43.1 Å². The minimum Gasteiger partial charge on any atom is -0.497 e. The van der Waals surface area contributed by atoms with Crippen molar-refractivity contribution in [2.24, 2.45) is 0 Å². The highest BCUT2D eigenvalue weighted by Crippen LogP contribution is 2.22. The van der Waals surface area contributed by atoms with Crippen molar-refractivity contribution in [3.05, 3.63) is 84.4 Å². The van der Waals surface area contributed by atoms with Gasteiger partial charge in [0.2, 0.25) is 11.1 Å². The molecular formula is C27H27N7O3S. The van der Waals surface area contributed by atoms with Crippen LogP contribution in [-0.2, 0) is 4.79 Å². The van der Waals surface area contributed by atoms with Gasteiger partial charge in [-0.1, -0.05) is 36.0 Å². The first-order valence-corrected chi connectivity index (χ1v) is 13.1. The van der Waals surface area contributed by atoms with Gasteiger partial charge in [-0.25, -0.2) is 0 Å². The first-order chi connectivity index (χ1) is 18.6. The number of hydrogen-bond donors (Lipinski definition) is 1. The number of amides is 2. The lowest BCUT2D eigenvalue weighted by Gasteiger charge is -2.36. The fraction of sp³-hybridized carbons (Fsp3) is 0.222. The lowest BCUT2D eigenvalue weighted by atomic mass is 10.1. The number of nitrogens with one attached hydrogen (secondary N) is 1. The largest absolute Gasteiger partial charge is 0.497 e. The Morgan fingerprint density at radius 3 is 2.42 bits per heavy atom. The Labute approximate surface area is 224 Å². The molecule has 4 aromatic rings. The van der Waals surface area contributed by atoms with Crippen molar-refractivity contribution in [2.75, 3.05) is 49.3 Å². The van der Waals surface area contributed by atoms with E-state index in [1.165, 1.54) is 11.8 Å². The van der Waals surface area contributed by atoms with Gasteiger partial charge in [0.05, 0.1) is 18.6 Å². The molecule has 1 saturated heterocycles. The van der Waals surface area contributed by atoms with Gasteiger partial charge in [0.25, 0.3) is 5.91 Å². The number of carbonyl (C=O) groups is 2. The van der Waals surface area contributed by atoms with Gasteiger partial charge in [-0.15, -0.1) is 5.10 Å². The number of para-hydroxylation sites is 1. The van der Waals surface area contributed by atoms with Crippen LogP contribution in [-0.4, -0.2) is 76.0 Å². The number of nitrogens with zero attached hydrogens (tertiary/aromatic N) is 6. The van der Waals surface area contributed by atoms with Gasteiger partial charge in [0.1, 0.15) is 5.75 Å². The molecule has 5 rings (SSSR count). The third kappa shape index (κ3) is 5.94. The molecule has 1 N–H and O–H groups in total. The number of carbonyl (C=O) groups excluding carboxylic acids is 2. The van der Waals surface area contributed by atoms with Crippen LogP contribution in [0, 0.1) is 0 Å². The predicted molar refractivity (Wildman–Crippen MR) is 146 cm³/mol. The van der Waals surface area contributed by atoms with Crippen molar-refractivity contribution in [1.82, 2.24) is 25.1 Å². The summed E-state index contributed by atoms with van der Waals surface area (Å²) in [5.41, 5.74) is 3.23. The van der Waals surface area contributed by atoms with E-state index in [0.29, 0.717) is 35.2 Å². The Kier molecular flexibility index (Phi) is 7.84. The van der Waals surface area contributed by atoms with Gasteiger partial charge in [-0.05, 0) is 65.0 Å². The van der Waals surface area contributed by atoms with Crippen LogP contribution in [0.15, 0.2) is 84.0 Å². The number of ether oxygens (including phenoxy) is 1. The molecule has 0 radical (unpaired) electrons. The average molecular weight is 530 g/mol. The smallest absolute Gasteiger partial charge is 0.254 e. The van der Waals surface area contributed by atoms with Gasteiger partial charge in [0.15, 0.2) is 0 Å². The molecule has 194 valence electrons. The van der Waals surface area contributed by atoms with Crippen molar-refractivity contribution < 1.29 is 14.3 Å². The molecule has 0 unspecified atom stereocenters. The third-order valence-corrected chi connectivity index (χ3v) is 7.09. The maximum atomic E-state index is 12.9.